The second-order valence-corrected chi connectivity index (χ2v) is 2.80. The summed E-state index contributed by atoms with van der Waals surface area (Å²) in [7, 11) is 0. The summed E-state index contributed by atoms with van der Waals surface area (Å²) in [6.45, 7) is 3.13. The monoisotopic (exact) mass is 206 g/mol. The average Bonchev–Trinajstić information content (AvgIpc) is 1.94. The summed E-state index contributed by atoms with van der Waals surface area (Å²) in [5.41, 5.74) is 1.26. The Kier molecular flexibility index (Phi) is 10.1. The van der Waals surface area contributed by atoms with Gasteiger partial charge in [0.05, 0.1) is 0 Å². The Morgan fingerprint density at radius 3 is 1.85 bits per heavy atom. The molecule has 0 fully saturated rings. The van der Waals surface area contributed by atoms with E-state index in [2.05, 4.69) is 6.92 Å². The van der Waals surface area contributed by atoms with Gasteiger partial charge in [-0.05, 0) is 6.92 Å². The van der Waals surface area contributed by atoms with E-state index in [0.29, 0.717) is 0 Å². The molecular weight excluding hydrogens is 195 g/mol. The molecule has 0 unspecified atom stereocenters. The minimum Gasteiger partial charge on any atom is -0.780 e. The normalized spacial score (nSPS) is 7.54. The van der Waals surface area contributed by atoms with E-state index < -0.39 is 5.97 Å². The SMILES string of the molecule is CC(=O)O.Cc1ccc([S-])cc1.[Na+]. The molecule has 0 aliphatic rings. The summed E-state index contributed by atoms with van der Waals surface area (Å²) < 4.78 is 0. The Bertz CT molecular complexity index is 221. The predicted octanol–water partition coefficient (Wildman–Crippen LogP) is -1.00. The molecule has 0 spiro atoms. The van der Waals surface area contributed by atoms with Crippen molar-refractivity contribution >= 4 is 18.6 Å². The zero-order valence-corrected chi connectivity index (χ0v) is 10.9. The van der Waals surface area contributed by atoms with Gasteiger partial charge in [0.15, 0.2) is 0 Å². The fourth-order valence-corrected chi connectivity index (χ4v) is 0.674. The van der Waals surface area contributed by atoms with Gasteiger partial charge in [-0.1, -0.05) is 29.8 Å². The zero-order chi connectivity index (χ0) is 9.56. The van der Waals surface area contributed by atoms with Crippen molar-refractivity contribution in [1.82, 2.24) is 0 Å². The number of carbonyl (C=O) groups is 1. The smallest absolute Gasteiger partial charge is 0.780 e. The second kappa shape index (κ2) is 8.51. The Hall–Kier alpha value is -0.0900. The van der Waals surface area contributed by atoms with Gasteiger partial charge in [0.2, 0.25) is 0 Å². The molecule has 0 amide bonds. The first kappa shape index (κ1) is 15.4. The molecule has 0 atom stereocenters. The van der Waals surface area contributed by atoms with Crippen LogP contribution in [-0.2, 0) is 17.4 Å². The maximum absolute atomic E-state index is 9.00. The van der Waals surface area contributed by atoms with Crippen molar-refractivity contribution in [2.45, 2.75) is 18.7 Å². The molecular formula is C9H11NaO2S. The Balaban J connectivity index is 0. The van der Waals surface area contributed by atoms with Gasteiger partial charge in [-0.3, -0.25) is 4.79 Å². The van der Waals surface area contributed by atoms with E-state index >= 15 is 0 Å². The third-order valence-corrected chi connectivity index (χ3v) is 1.29. The van der Waals surface area contributed by atoms with Gasteiger partial charge in [-0.2, -0.15) is 4.90 Å². The molecule has 0 aliphatic heterocycles. The van der Waals surface area contributed by atoms with Gasteiger partial charge in [0, 0.05) is 6.92 Å². The van der Waals surface area contributed by atoms with Crippen LogP contribution >= 0.6 is 0 Å². The number of hydrogen-bond donors (Lipinski definition) is 1. The maximum Gasteiger partial charge on any atom is 1.00 e. The molecule has 1 rings (SSSR count). The minimum atomic E-state index is -0.833. The molecule has 0 aliphatic carbocycles. The summed E-state index contributed by atoms with van der Waals surface area (Å²) in [5, 5.41) is 7.42. The number of carboxylic acid groups (broad SMARTS) is 1. The van der Waals surface area contributed by atoms with Crippen LogP contribution in [0.4, 0.5) is 0 Å². The third kappa shape index (κ3) is 11.9. The molecule has 1 aromatic rings. The second-order valence-electron chi connectivity index (χ2n) is 2.33. The van der Waals surface area contributed by atoms with Crippen LogP contribution in [0.1, 0.15) is 12.5 Å². The quantitative estimate of drug-likeness (QED) is 0.437. The van der Waals surface area contributed by atoms with Gasteiger partial charge >= 0.3 is 29.6 Å². The molecule has 1 aromatic carbocycles. The molecule has 66 valence electrons. The molecule has 0 aromatic heterocycles. The van der Waals surface area contributed by atoms with Crippen molar-refractivity contribution in [2.24, 2.45) is 0 Å². The van der Waals surface area contributed by atoms with Crippen LogP contribution in [-0.4, -0.2) is 11.1 Å². The number of hydrogen-bond acceptors (Lipinski definition) is 2. The van der Waals surface area contributed by atoms with Crippen LogP contribution in [0, 0.1) is 6.92 Å². The van der Waals surface area contributed by atoms with E-state index in [1.807, 2.05) is 24.3 Å². The Labute approximate surface area is 106 Å². The standard InChI is InChI=1S/C7H8S.C2H4O2.Na/c1-6-2-4-7(8)5-3-6;1-2(3)4;/h2-5,8H,1H3;1H3,(H,3,4);/q;;+1/p-1. The van der Waals surface area contributed by atoms with Gasteiger partial charge in [0.25, 0.3) is 5.97 Å². The molecule has 4 heteroatoms. The summed E-state index contributed by atoms with van der Waals surface area (Å²) >= 11 is 4.87. The van der Waals surface area contributed by atoms with Crippen molar-refractivity contribution in [1.29, 1.82) is 0 Å². The zero-order valence-electron chi connectivity index (χ0n) is 8.07. The van der Waals surface area contributed by atoms with Gasteiger partial charge < -0.3 is 17.7 Å². The summed E-state index contributed by atoms with van der Waals surface area (Å²) in [6.07, 6.45) is 0. The largest absolute Gasteiger partial charge is 1.00 e. The average molecular weight is 206 g/mol. The van der Waals surface area contributed by atoms with E-state index in [9.17, 15) is 0 Å². The first-order chi connectivity index (χ1) is 5.52. The number of aryl methyl sites for hydroxylation is 1. The summed E-state index contributed by atoms with van der Waals surface area (Å²) in [6, 6.07) is 7.90. The van der Waals surface area contributed by atoms with E-state index in [-0.39, 0.29) is 29.6 Å². The van der Waals surface area contributed by atoms with Gasteiger partial charge in [0.1, 0.15) is 0 Å². The maximum atomic E-state index is 9.00. The summed E-state index contributed by atoms with van der Waals surface area (Å²) in [5.74, 6) is -0.833. The van der Waals surface area contributed by atoms with E-state index in [4.69, 9.17) is 22.5 Å². The first-order valence-corrected chi connectivity index (χ1v) is 3.86. The third-order valence-electron chi connectivity index (χ3n) is 1.02. The van der Waals surface area contributed by atoms with Crippen molar-refractivity contribution in [3.63, 3.8) is 0 Å². The van der Waals surface area contributed by atoms with Crippen molar-refractivity contribution in [2.75, 3.05) is 0 Å². The van der Waals surface area contributed by atoms with Crippen molar-refractivity contribution < 1.29 is 39.5 Å². The first-order valence-electron chi connectivity index (χ1n) is 3.45. The minimum absolute atomic E-state index is 0. The van der Waals surface area contributed by atoms with Crippen LogP contribution in [0.15, 0.2) is 29.2 Å². The summed E-state index contributed by atoms with van der Waals surface area (Å²) in [4.78, 5) is 9.91. The Morgan fingerprint density at radius 2 is 1.62 bits per heavy atom. The Morgan fingerprint density at radius 1 is 1.31 bits per heavy atom. The fraction of sp³-hybridized carbons (Fsp3) is 0.222. The number of carboxylic acids is 1. The van der Waals surface area contributed by atoms with E-state index in [0.717, 1.165) is 11.8 Å². The van der Waals surface area contributed by atoms with Gasteiger partial charge in [-0.15, -0.1) is 0 Å². The fourth-order valence-electron chi connectivity index (χ4n) is 0.538. The molecule has 0 heterocycles. The molecule has 0 saturated heterocycles. The molecule has 0 saturated carbocycles. The molecule has 0 bridgehead atoms. The van der Waals surface area contributed by atoms with Gasteiger partial charge in [-0.25, -0.2) is 0 Å². The number of aliphatic carboxylic acids is 1. The predicted molar refractivity (Wildman–Crippen MR) is 50.1 cm³/mol. The molecule has 2 nitrogen and oxygen atoms in total. The number of benzene rings is 1. The van der Waals surface area contributed by atoms with Crippen molar-refractivity contribution in [3.8, 4) is 0 Å². The van der Waals surface area contributed by atoms with Crippen LogP contribution in [0.3, 0.4) is 0 Å². The van der Waals surface area contributed by atoms with Crippen molar-refractivity contribution in [3.05, 3.63) is 29.8 Å². The van der Waals surface area contributed by atoms with Crippen LogP contribution < -0.4 is 29.6 Å². The molecule has 1 N–H and O–H groups in total. The van der Waals surface area contributed by atoms with Crippen LogP contribution in [0.5, 0.6) is 0 Å². The number of rotatable bonds is 0. The molecule has 0 radical (unpaired) electrons. The van der Waals surface area contributed by atoms with Crippen LogP contribution in [0.25, 0.3) is 0 Å². The van der Waals surface area contributed by atoms with E-state index in [1.54, 1.807) is 0 Å². The topological polar surface area (TPSA) is 37.3 Å². The van der Waals surface area contributed by atoms with E-state index in [1.165, 1.54) is 5.56 Å². The molecule has 13 heavy (non-hydrogen) atoms. The van der Waals surface area contributed by atoms with Crippen LogP contribution in [0.2, 0.25) is 0 Å².